The maximum absolute atomic E-state index is 13.0. The maximum atomic E-state index is 13.0. The van der Waals surface area contributed by atoms with E-state index in [0.29, 0.717) is 36.8 Å². The van der Waals surface area contributed by atoms with Crippen molar-refractivity contribution in [2.24, 2.45) is 0 Å². The fraction of sp³-hybridized carbons (Fsp3) is 0.444. The zero-order valence-corrected chi connectivity index (χ0v) is 14.4. The van der Waals surface area contributed by atoms with Crippen LogP contribution in [0, 0.1) is 0 Å². The summed E-state index contributed by atoms with van der Waals surface area (Å²) in [6.07, 6.45) is 1.91. The number of carbonyl (C=O) groups excluding carboxylic acids is 1. The van der Waals surface area contributed by atoms with Gasteiger partial charge in [0.05, 0.1) is 25.0 Å². The van der Waals surface area contributed by atoms with Crippen LogP contribution in [0.1, 0.15) is 34.5 Å². The van der Waals surface area contributed by atoms with Crippen molar-refractivity contribution in [2.75, 3.05) is 27.1 Å². The first-order chi connectivity index (χ1) is 12.2. The summed E-state index contributed by atoms with van der Waals surface area (Å²) in [5.41, 5.74) is 2.87. The number of rotatable bonds is 4. The molecule has 0 radical (unpaired) electrons. The van der Waals surface area contributed by atoms with E-state index in [4.69, 9.17) is 14.2 Å². The summed E-state index contributed by atoms with van der Waals surface area (Å²) >= 11 is 0. The Kier molecular flexibility index (Phi) is 4.09. The number of amides is 1. The number of ether oxygens (including phenoxy) is 3. The Morgan fingerprint density at radius 3 is 3.00 bits per heavy atom. The molecule has 0 unspecified atom stereocenters. The minimum atomic E-state index is -0.0195. The van der Waals surface area contributed by atoms with Crippen LogP contribution >= 0.6 is 0 Å². The maximum Gasteiger partial charge on any atom is 0.254 e. The number of nitrogens with zero attached hydrogens (tertiary/aromatic N) is 3. The van der Waals surface area contributed by atoms with Gasteiger partial charge in [-0.1, -0.05) is 0 Å². The van der Waals surface area contributed by atoms with Crippen LogP contribution in [-0.2, 0) is 17.8 Å². The number of benzene rings is 1. The largest absolute Gasteiger partial charge is 0.454 e. The summed E-state index contributed by atoms with van der Waals surface area (Å²) in [6.45, 7) is 4.76. The monoisotopic (exact) mass is 343 g/mol. The molecule has 1 atom stereocenters. The number of hydrogen-bond donors (Lipinski definition) is 0. The molecule has 2 aliphatic heterocycles. The first kappa shape index (κ1) is 16.0. The minimum Gasteiger partial charge on any atom is -0.454 e. The molecule has 132 valence electrons. The molecule has 1 amide bonds. The van der Waals surface area contributed by atoms with E-state index in [1.54, 1.807) is 25.3 Å². The fourth-order valence-corrected chi connectivity index (χ4v) is 3.53. The fourth-order valence-electron chi connectivity index (χ4n) is 3.53. The topological polar surface area (TPSA) is 65.8 Å². The number of fused-ring (bicyclic) bond motifs is 2. The second kappa shape index (κ2) is 6.40. The molecular weight excluding hydrogens is 322 g/mol. The van der Waals surface area contributed by atoms with Crippen molar-refractivity contribution in [3.63, 3.8) is 0 Å². The lowest BCUT2D eigenvalue weighted by Crippen LogP contribution is -2.40. The van der Waals surface area contributed by atoms with Crippen molar-refractivity contribution in [3.05, 3.63) is 41.2 Å². The Hall–Kier alpha value is -2.54. The van der Waals surface area contributed by atoms with Crippen LogP contribution in [0.15, 0.2) is 24.4 Å². The normalized spacial score (nSPS) is 18.3. The van der Waals surface area contributed by atoms with Crippen LogP contribution in [0.3, 0.4) is 0 Å². The number of aryl methyl sites for hydroxylation is 1. The Morgan fingerprint density at radius 2 is 2.20 bits per heavy atom. The molecular formula is C18H21N3O4. The van der Waals surface area contributed by atoms with E-state index < -0.39 is 0 Å². The Labute approximate surface area is 146 Å². The highest BCUT2D eigenvalue weighted by atomic mass is 16.7. The molecule has 0 saturated carbocycles. The van der Waals surface area contributed by atoms with Gasteiger partial charge in [0.15, 0.2) is 11.5 Å². The van der Waals surface area contributed by atoms with E-state index in [1.807, 2.05) is 15.8 Å². The molecule has 2 aromatic rings. The van der Waals surface area contributed by atoms with Crippen LogP contribution in [0.25, 0.3) is 0 Å². The average molecular weight is 343 g/mol. The second-order valence-electron chi connectivity index (χ2n) is 6.27. The molecule has 0 aliphatic carbocycles. The first-order valence-electron chi connectivity index (χ1n) is 8.43. The highest BCUT2D eigenvalue weighted by Crippen LogP contribution is 2.34. The van der Waals surface area contributed by atoms with Gasteiger partial charge in [-0.3, -0.25) is 9.48 Å². The lowest BCUT2D eigenvalue weighted by Gasteiger charge is -2.33. The molecule has 7 nitrogen and oxygen atoms in total. The highest BCUT2D eigenvalue weighted by molar-refractivity contribution is 5.95. The van der Waals surface area contributed by atoms with Gasteiger partial charge in [0.25, 0.3) is 5.91 Å². The molecule has 1 aromatic carbocycles. The molecule has 7 heteroatoms. The van der Waals surface area contributed by atoms with Crippen LogP contribution in [-0.4, -0.2) is 47.6 Å². The lowest BCUT2D eigenvalue weighted by atomic mass is 9.95. The molecule has 0 fully saturated rings. The molecule has 4 rings (SSSR count). The lowest BCUT2D eigenvalue weighted by molar-refractivity contribution is 0.0674. The van der Waals surface area contributed by atoms with Gasteiger partial charge < -0.3 is 19.1 Å². The minimum absolute atomic E-state index is 0.0195. The molecule has 0 spiro atoms. The molecule has 1 aromatic heterocycles. The zero-order chi connectivity index (χ0) is 17.4. The third-order valence-corrected chi connectivity index (χ3v) is 4.78. The molecule has 0 bridgehead atoms. The van der Waals surface area contributed by atoms with Crippen LogP contribution in [0.2, 0.25) is 0 Å². The molecule has 3 heterocycles. The van der Waals surface area contributed by atoms with Crippen molar-refractivity contribution in [1.29, 1.82) is 0 Å². The van der Waals surface area contributed by atoms with E-state index in [-0.39, 0.29) is 18.6 Å². The third kappa shape index (κ3) is 2.74. The van der Waals surface area contributed by atoms with Gasteiger partial charge in [-0.2, -0.15) is 5.10 Å². The summed E-state index contributed by atoms with van der Waals surface area (Å²) < 4.78 is 18.0. The van der Waals surface area contributed by atoms with Gasteiger partial charge in [0.2, 0.25) is 6.79 Å². The van der Waals surface area contributed by atoms with Gasteiger partial charge in [0.1, 0.15) is 0 Å². The van der Waals surface area contributed by atoms with Crippen molar-refractivity contribution in [1.82, 2.24) is 14.7 Å². The number of aromatic nitrogens is 2. The number of carbonyl (C=O) groups is 1. The predicted octanol–water partition coefficient (Wildman–Crippen LogP) is 2.02. The third-order valence-electron chi connectivity index (χ3n) is 4.78. The van der Waals surface area contributed by atoms with Gasteiger partial charge >= 0.3 is 0 Å². The summed E-state index contributed by atoms with van der Waals surface area (Å²) in [5.74, 6) is 1.41. The molecule has 0 N–H and O–H groups in total. The average Bonchev–Trinajstić information content (AvgIpc) is 3.26. The Balaban J connectivity index is 1.63. The number of methoxy groups -OCH3 is 1. The van der Waals surface area contributed by atoms with Crippen LogP contribution < -0.4 is 9.47 Å². The summed E-state index contributed by atoms with van der Waals surface area (Å²) in [7, 11) is 1.68. The molecule has 0 saturated heterocycles. The quantitative estimate of drug-likeness (QED) is 0.850. The van der Waals surface area contributed by atoms with Gasteiger partial charge in [0, 0.05) is 37.2 Å². The summed E-state index contributed by atoms with van der Waals surface area (Å²) in [5, 5.41) is 4.45. The van der Waals surface area contributed by atoms with E-state index in [0.717, 1.165) is 12.2 Å². The zero-order valence-electron chi connectivity index (χ0n) is 14.4. The van der Waals surface area contributed by atoms with Crippen LogP contribution in [0.4, 0.5) is 0 Å². The van der Waals surface area contributed by atoms with E-state index in [9.17, 15) is 4.79 Å². The Morgan fingerprint density at radius 1 is 1.36 bits per heavy atom. The second-order valence-corrected chi connectivity index (χ2v) is 6.27. The standard InChI is InChI=1S/C18H21N3O4/c1-3-21-15-9-20(8-13(10-23-2)14(15)7-19-21)18(22)12-4-5-16-17(6-12)25-11-24-16/h4-7,13H,3,8-11H2,1-2H3/t13-/m1/s1. The van der Waals surface area contributed by atoms with Crippen LogP contribution in [0.5, 0.6) is 11.5 Å². The molecule has 2 aliphatic rings. The van der Waals surface area contributed by atoms with Crippen molar-refractivity contribution in [3.8, 4) is 11.5 Å². The smallest absolute Gasteiger partial charge is 0.254 e. The Bertz CT molecular complexity index is 802. The summed E-state index contributed by atoms with van der Waals surface area (Å²) in [4.78, 5) is 14.9. The predicted molar refractivity (Wildman–Crippen MR) is 89.8 cm³/mol. The number of hydrogen-bond acceptors (Lipinski definition) is 5. The van der Waals surface area contributed by atoms with Gasteiger partial charge in [-0.05, 0) is 25.1 Å². The van der Waals surface area contributed by atoms with Gasteiger partial charge in [-0.25, -0.2) is 0 Å². The van der Waals surface area contributed by atoms with E-state index >= 15 is 0 Å². The highest BCUT2D eigenvalue weighted by Gasteiger charge is 2.32. The van der Waals surface area contributed by atoms with E-state index in [1.165, 1.54) is 5.56 Å². The van der Waals surface area contributed by atoms with Crippen molar-refractivity contribution in [2.45, 2.75) is 25.9 Å². The van der Waals surface area contributed by atoms with Crippen molar-refractivity contribution < 1.29 is 19.0 Å². The summed E-state index contributed by atoms with van der Waals surface area (Å²) in [6, 6.07) is 5.32. The van der Waals surface area contributed by atoms with E-state index in [2.05, 4.69) is 12.0 Å². The van der Waals surface area contributed by atoms with Gasteiger partial charge in [-0.15, -0.1) is 0 Å². The molecule has 25 heavy (non-hydrogen) atoms. The van der Waals surface area contributed by atoms with Crippen molar-refractivity contribution >= 4 is 5.91 Å². The SMILES string of the molecule is CCn1ncc2c1CN(C(=O)c1ccc3c(c1)OCO3)C[C@@H]2COC. The first-order valence-corrected chi connectivity index (χ1v) is 8.43.